The summed E-state index contributed by atoms with van der Waals surface area (Å²) in [5, 5.41) is 2.82. The van der Waals surface area contributed by atoms with Gasteiger partial charge in [0, 0.05) is 17.8 Å². The zero-order valence-corrected chi connectivity index (χ0v) is 16.6. The van der Waals surface area contributed by atoms with Crippen LogP contribution in [0.1, 0.15) is 27.0 Å². The molecule has 0 aromatic heterocycles. The van der Waals surface area contributed by atoms with Crippen LogP contribution in [0.5, 0.6) is 0 Å². The molecule has 2 N–H and O–H groups in total. The molecule has 0 aliphatic rings. The van der Waals surface area contributed by atoms with Gasteiger partial charge in [0.2, 0.25) is 10.0 Å². The number of anilines is 1. The fourth-order valence-electron chi connectivity index (χ4n) is 2.79. The number of amides is 1. The van der Waals surface area contributed by atoms with Crippen LogP contribution < -0.4 is 10.0 Å². The third-order valence-corrected chi connectivity index (χ3v) is 5.75. The fourth-order valence-corrected chi connectivity index (χ4v) is 3.84. The first-order valence-corrected chi connectivity index (χ1v) is 10.4. The average Bonchev–Trinajstić information content (AvgIpc) is 2.67. The van der Waals surface area contributed by atoms with E-state index in [1.807, 2.05) is 55.5 Å². The lowest BCUT2D eigenvalue weighted by Crippen LogP contribution is -2.24. The van der Waals surface area contributed by atoms with Crippen LogP contribution in [0.2, 0.25) is 0 Å². The van der Waals surface area contributed by atoms with E-state index in [0.29, 0.717) is 16.8 Å². The molecule has 144 valence electrons. The summed E-state index contributed by atoms with van der Waals surface area (Å²) >= 11 is 0. The monoisotopic (exact) mass is 394 g/mol. The molecule has 0 saturated heterocycles. The molecule has 0 spiro atoms. The summed E-state index contributed by atoms with van der Waals surface area (Å²) in [7, 11) is -3.74. The van der Waals surface area contributed by atoms with Gasteiger partial charge < -0.3 is 5.32 Å². The average molecular weight is 394 g/mol. The Morgan fingerprint density at radius 2 is 1.64 bits per heavy atom. The van der Waals surface area contributed by atoms with E-state index in [0.717, 1.165) is 11.1 Å². The van der Waals surface area contributed by atoms with Crippen molar-refractivity contribution in [3.63, 3.8) is 0 Å². The van der Waals surface area contributed by atoms with Gasteiger partial charge in [-0.2, -0.15) is 0 Å². The van der Waals surface area contributed by atoms with Crippen LogP contribution in [0.15, 0.2) is 77.7 Å². The second-order valence-corrected chi connectivity index (χ2v) is 8.38. The third-order valence-electron chi connectivity index (χ3n) is 4.35. The van der Waals surface area contributed by atoms with Crippen molar-refractivity contribution in [1.29, 1.82) is 0 Å². The van der Waals surface area contributed by atoms with Crippen LogP contribution in [0.4, 0.5) is 5.69 Å². The summed E-state index contributed by atoms with van der Waals surface area (Å²) in [5.74, 6) is -0.344. The summed E-state index contributed by atoms with van der Waals surface area (Å²) in [6.45, 7) is 3.90. The molecule has 0 aliphatic carbocycles. The van der Waals surface area contributed by atoms with Crippen molar-refractivity contribution in [2.45, 2.75) is 25.3 Å². The minimum absolute atomic E-state index is 0.0587. The number of benzene rings is 3. The number of carbonyl (C=O) groups is 1. The molecule has 0 atom stereocenters. The number of aryl methyl sites for hydroxylation is 2. The standard InChI is InChI=1S/C22H22N2O3S/c1-16-7-6-10-19(13-16)24-22(25)21-14-20(12-11-17(21)2)28(26,27)23-15-18-8-4-3-5-9-18/h3-14,23H,15H2,1-2H3,(H,24,25). The molecule has 3 aromatic carbocycles. The molecular formula is C22H22N2O3S. The van der Waals surface area contributed by atoms with Gasteiger partial charge in [0.05, 0.1) is 4.90 Å². The Kier molecular flexibility index (Phi) is 5.92. The third kappa shape index (κ3) is 4.85. The SMILES string of the molecule is Cc1cccc(NC(=O)c2cc(S(=O)(=O)NCc3ccccc3)ccc2C)c1. The Balaban J connectivity index is 1.81. The van der Waals surface area contributed by atoms with Gasteiger partial charge in [-0.1, -0.05) is 48.5 Å². The first-order chi connectivity index (χ1) is 13.3. The lowest BCUT2D eigenvalue weighted by Gasteiger charge is -2.12. The van der Waals surface area contributed by atoms with E-state index < -0.39 is 10.0 Å². The van der Waals surface area contributed by atoms with Crippen molar-refractivity contribution in [1.82, 2.24) is 4.72 Å². The molecule has 0 saturated carbocycles. The molecule has 28 heavy (non-hydrogen) atoms. The highest BCUT2D eigenvalue weighted by Crippen LogP contribution is 2.18. The van der Waals surface area contributed by atoms with Crippen molar-refractivity contribution < 1.29 is 13.2 Å². The highest BCUT2D eigenvalue weighted by molar-refractivity contribution is 7.89. The molecule has 0 unspecified atom stereocenters. The maximum atomic E-state index is 12.7. The number of nitrogens with one attached hydrogen (secondary N) is 2. The minimum Gasteiger partial charge on any atom is -0.322 e. The first-order valence-electron chi connectivity index (χ1n) is 8.87. The second kappa shape index (κ2) is 8.37. The van der Waals surface area contributed by atoms with Crippen LogP contribution in [0.25, 0.3) is 0 Å². The van der Waals surface area contributed by atoms with E-state index in [4.69, 9.17) is 0 Å². The normalized spacial score (nSPS) is 11.2. The van der Waals surface area contributed by atoms with Crippen LogP contribution >= 0.6 is 0 Å². The second-order valence-electron chi connectivity index (χ2n) is 6.61. The zero-order chi connectivity index (χ0) is 20.1. The van der Waals surface area contributed by atoms with E-state index in [9.17, 15) is 13.2 Å². The lowest BCUT2D eigenvalue weighted by molar-refractivity contribution is 0.102. The van der Waals surface area contributed by atoms with E-state index in [-0.39, 0.29) is 17.3 Å². The first kappa shape index (κ1) is 19.8. The number of rotatable bonds is 6. The molecule has 0 radical (unpaired) electrons. The Morgan fingerprint density at radius 3 is 2.36 bits per heavy atom. The largest absolute Gasteiger partial charge is 0.322 e. The summed E-state index contributed by atoms with van der Waals surface area (Å²) in [6, 6.07) is 21.3. The maximum absolute atomic E-state index is 12.7. The molecule has 3 aromatic rings. The number of hydrogen-bond donors (Lipinski definition) is 2. The topological polar surface area (TPSA) is 75.3 Å². The maximum Gasteiger partial charge on any atom is 0.255 e. The van der Waals surface area contributed by atoms with Gasteiger partial charge in [-0.3, -0.25) is 4.79 Å². The highest BCUT2D eigenvalue weighted by Gasteiger charge is 2.18. The van der Waals surface area contributed by atoms with Gasteiger partial charge in [-0.25, -0.2) is 13.1 Å². The molecule has 0 fully saturated rings. The predicted molar refractivity (Wildman–Crippen MR) is 111 cm³/mol. The molecule has 0 heterocycles. The van der Waals surface area contributed by atoms with Gasteiger partial charge in [0.1, 0.15) is 0 Å². The van der Waals surface area contributed by atoms with Gasteiger partial charge in [-0.05, 0) is 54.8 Å². The summed E-state index contributed by atoms with van der Waals surface area (Å²) in [4.78, 5) is 12.7. The molecular weight excluding hydrogens is 372 g/mol. The minimum atomic E-state index is -3.74. The van der Waals surface area contributed by atoms with Crippen LogP contribution in [-0.4, -0.2) is 14.3 Å². The smallest absolute Gasteiger partial charge is 0.255 e. The van der Waals surface area contributed by atoms with Crippen molar-refractivity contribution >= 4 is 21.6 Å². The number of carbonyl (C=O) groups excluding carboxylic acids is 1. The lowest BCUT2D eigenvalue weighted by atomic mass is 10.1. The van der Waals surface area contributed by atoms with E-state index in [2.05, 4.69) is 10.0 Å². The quantitative estimate of drug-likeness (QED) is 0.663. The van der Waals surface area contributed by atoms with Crippen molar-refractivity contribution in [3.8, 4) is 0 Å². The number of sulfonamides is 1. The highest BCUT2D eigenvalue weighted by atomic mass is 32.2. The fraction of sp³-hybridized carbons (Fsp3) is 0.136. The summed E-state index contributed by atoms with van der Waals surface area (Å²) in [5.41, 5.74) is 3.57. The van der Waals surface area contributed by atoms with Crippen LogP contribution in [-0.2, 0) is 16.6 Å². The molecule has 0 bridgehead atoms. The van der Waals surface area contributed by atoms with Gasteiger partial charge in [-0.15, -0.1) is 0 Å². The molecule has 3 rings (SSSR count). The van der Waals surface area contributed by atoms with E-state index in [1.165, 1.54) is 12.1 Å². The summed E-state index contributed by atoms with van der Waals surface area (Å²) < 4.78 is 27.9. The van der Waals surface area contributed by atoms with E-state index in [1.54, 1.807) is 19.1 Å². The Labute approximate surface area is 165 Å². The van der Waals surface area contributed by atoms with Crippen LogP contribution in [0, 0.1) is 13.8 Å². The van der Waals surface area contributed by atoms with Gasteiger partial charge in [0.25, 0.3) is 5.91 Å². The zero-order valence-electron chi connectivity index (χ0n) is 15.8. The van der Waals surface area contributed by atoms with Gasteiger partial charge in [0.15, 0.2) is 0 Å². The Morgan fingerprint density at radius 1 is 0.893 bits per heavy atom. The van der Waals surface area contributed by atoms with Crippen molar-refractivity contribution in [2.24, 2.45) is 0 Å². The molecule has 6 heteroatoms. The number of hydrogen-bond acceptors (Lipinski definition) is 3. The van der Waals surface area contributed by atoms with Crippen molar-refractivity contribution in [3.05, 3.63) is 95.1 Å². The van der Waals surface area contributed by atoms with E-state index >= 15 is 0 Å². The molecule has 1 amide bonds. The molecule has 0 aliphatic heterocycles. The van der Waals surface area contributed by atoms with Crippen LogP contribution in [0.3, 0.4) is 0 Å². The molecule has 5 nitrogen and oxygen atoms in total. The Hall–Kier alpha value is -2.96. The predicted octanol–water partition coefficient (Wildman–Crippen LogP) is 4.03. The van der Waals surface area contributed by atoms with Crippen molar-refractivity contribution in [2.75, 3.05) is 5.32 Å². The Bertz CT molecular complexity index is 1090. The van der Waals surface area contributed by atoms with Gasteiger partial charge >= 0.3 is 0 Å². The summed E-state index contributed by atoms with van der Waals surface area (Å²) in [6.07, 6.45) is 0.